The number of carbonyl (C=O) groups excluding carboxylic acids is 1. The van der Waals surface area contributed by atoms with Gasteiger partial charge in [0.15, 0.2) is 0 Å². The molecular weight excluding hydrogens is 420 g/mol. The molecule has 4 nitrogen and oxygen atoms in total. The van der Waals surface area contributed by atoms with Crippen molar-refractivity contribution >= 4 is 5.91 Å². The molecule has 5 rings (SSSR count). The summed E-state index contributed by atoms with van der Waals surface area (Å²) in [6.07, 6.45) is 5.28. The second-order valence-corrected chi connectivity index (χ2v) is 10.7. The highest BCUT2D eigenvalue weighted by molar-refractivity contribution is 5.82. The van der Waals surface area contributed by atoms with E-state index in [0.29, 0.717) is 30.4 Å². The van der Waals surface area contributed by atoms with Crippen molar-refractivity contribution in [2.24, 2.45) is 11.8 Å². The molecule has 4 atom stereocenters. The fourth-order valence-electron chi connectivity index (χ4n) is 7.04. The number of piperidine rings is 1. The van der Waals surface area contributed by atoms with Crippen molar-refractivity contribution in [1.29, 1.82) is 0 Å². The van der Waals surface area contributed by atoms with Gasteiger partial charge in [-0.25, -0.2) is 0 Å². The van der Waals surface area contributed by atoms with Crippen LogP contribution in [0.2, 0.25) is 0 Å². The zero-order chi connectivity index (χ0) is 23.7. The standard InChI is InChI=1S/C30H40N2O2/c1-4-22(5-2)27-18-24(23-9-7-6-8-10-23)13-15-32(27)29(33)26-19-31-20-30(26)14-16-34-28-17-21(3)11-12-25(28)30/h6-12,17,22,24,26-27,31H,4-5,13-16,18-20H2,1-3H3/t24?,26-,27?,30-/m0/s1. The van der Waals surface area contributed by atoms with E-state index in [1.54, 1.807) is 0 Å². The summed E-state index contributed by atoms with van der Waals surface area (Å²) < 4.78 is 6.07. The molecule has 34 heavy (non-hydrogen) atoms. The van der Waals surface area contributed by atoms with E-state index < -0.39 is 0 Å². The lowest BCUT2D eigenvalue weighted by Gasteiger charge is -2.47. The fourth-order valence-corrected chi connectivity index (χ4v) is 7.04. The van der Waals surface area contributed by atoms with Crippen LogP contribution in [-0.4, -0.2) is 43.1 Å². The minimum absolute atomic E-state index is 0.0250. The largest absolute Gasteiger partial charge is 0.493 e. The first-order valence-corrected chi connectivity index (χ1v) is 13.4. The van der Waals surface area contributed by atoms with Gasteiger partial charge in [-0.2, -0.15) is 0 Å². The molecule has 0 aliphatic carbocycles. The van der Waals surface area contributed by atoms with Crippen LogP contribution in [0.25, 0.3) is 0 Å². The van der Waals surface area contributed by atoms with Crippen LogP contribution >= 0.6 is 0 Å². The Hall–Kier alpha value is -2.33. The van der Waals surface area contributed by atoms with Crippen molar-refractivity contribution in [3.05, 3.63) is 65.2 Å². The van der Waals surface area contributed by atoms with Gasteiger partial charge in [0.05, 0.1) is 12.5 Å². The molecule has 1 N–H and O–H groups in total. The molecule has 0 aromatic heterocycles. The lowest BCUT2D eigenvalue weighted by molar-refractivity contribution is -0.142. The van der Waals surface area contributed by atoms with Crippen LogP contribution in [0, 0.1) is 18.8 Å². The van der Waals surface area contributed by atoms with Crippen LogP contribution in [0.3, 0.4) is 0 Å². The van der Waals surface area contributed by atoms with Gasteiger partial charge in [0, 0.05) is 36.7 Å². The van der Waals surface area contributed by atoms with Gasteiger partial charge in [-0.15, -0.1) is 0 Å². The normalized spacial score (nSPS) is 28.7. The van der Waals surface area contributed by atoms with Crippen LogP contribution in [-0.2, 0) is 10.2 Å². The molecule has 0 bridgehead atoms. The van der Waals surface area contributed by atoms with Crippen LogP contribution in [0.15, 0.2) is 48.5 Å². The summed E-state index contributed by atoms with van der Waals surface area (Å²) in [5.41, 5.74) is 3.71. The van der Waals surface area contributed by atoms with Crippen LogP contribution < -0.4 is 10.1 Å². The average Bonchev–Trinajstić information content (AvgIpc) is 3.28. The summed E-state index contributed by atoms with van der Waals surface area (Å²) in [4.78, 5) is 16.7. The number of likely N-dealkylation sites (tertiary alicyclic amines) is 1. The first-order chi connectivity index (χ1) is 16.6. The lowest BCUT2D eigenvalue weighted by atomic mass is 9.67. The molecule has 2 aromatic rings. The molecule has 3 heterocycles. The molecule has 2 aromatic carbocycles. The minimum Gasteiger partial charge on any atom is -0.493 e. The molecule has 3 aliphatic heterocycles. The maximum absolute atomic E-state index is 14.4. The zero-order valence-electron chi connectivity index (χ0n) is 21.1. The molecule has 3 aliphatic rings. The average molecular weight is 461 g/mol. The number of aryl methyl sites for hydroxylation is 1. The number of fused-ring (bicyclic) bond motifs is 2. The van der Waals surface area contributed by atoms with E-state index in [1.165, 1.54) is 16.7 Å². The predicted molar refractivity (Wildman–Crippen MR) is 137 cm³/mol. The number of rotatable bonds is 5. The van der Waals surface area contributed by atoms with Crippen molar-refractivity contribution < 1.29 is 9.53 Å². The molecule has 4 heteroatoms. The molecule has 0 saturated carbocycles. The molecule has 2 fully saturated rings. The van der Waals surface area contributed by atoms with E-state index in [-0.39, 0.29) is 11.3 Å². The Balaban J connectivity index is 1.45. The van der Waals surface area contributed by atoms with E-state index in [0.717, 1.165) is 57.5 Å². The minimum atomic E-state index is -0.160. The Bertz CT molecular complexity index is 1000. The molecule has 0 radical (unpaired) electrons. The van der Waals surface area contributed by atoms with Crippen molar-refractivity contribution in [2.75, 3.05) is 26.2 Å². The van der Waals surface area contributed by atoms with Crippen molar-refractivity contribution in [3.8, 4) is 5.75 Å². The number of hydrogen-bond donors (Lipinski definition) is 1. The van der Waals surface area contributed by atoms with Crippen molar-refractivity contribution in [1.82, 2.24) is 10.2 Å². The smallest absolute Gasteiger partial charge is 0.228 e. The molecule has 2 saturated heterocycles. The van der Waals surface area contributed by atoms with Crippen molar-refractivity contribution in [3.63, 3.8) is 0 Å². The maximum atomic E-state index is 14.4. The lowest BCUT2D eigenvalue weighted by Crippen LogP contribution is -2.55. The quantitative estimate of drug-likeness (QED) is 0.645. The third kappa shape index (κ3) is 4.04. The highest BCUT2D eigenvalue weighted by atomic mass is 16.5. The number of carbonyl (C=O) groups is 1. The van der Waals surface area contributed by atoms with Gasteiger partial charge < -0.3 is 15.0 Å². The summed E-state index contributed by atoms with van der Waals surface area (Å²) >= 11 is 0. The first kappa shape index (κ1) is 23.4. The zero-order valence-corrected chi connectivity index (χ0v) is 21.1. The number of hydrogen-bond acceptors (Lipinski definition) is 3. The Morgan fingerprint density at radius 1 is 1.18 bits per heavy atom. The summed E-state index contributed by atoms with van der Waals surface area (Å²) in [6.45, 7) is 9.87. The maximum Gasteiger partial charge on any atom is 0.228 e. The highest BCUT2D eigenvalue weighted by Crippen LogP contribution is 2.48. The summed E-state index contributed by atoms with van der Waals surface area (Å²) in [5.74, 6) is 2.40. The second kappa shape index (κ2) is 9.73. The van der Waals surface area contributed by atoms with E-state index in [2.05, 4.69) is 79.5 Å². The van der Waals surface area contributed by atoms with Gasteiger partial charge in [-0.3, -0.25) is 4.79 Å². The van der Waals surface area contributed by atoms with Gasteiger partial charge in [0.1, 0.15) is 5.75 Å². The number of nitrogens with zero attached hydrogens (tertiary/aromatic N) is 1. The number of amides is 1. The monoisotopic (exact) mass is 460 g/mol. The molecule has 1 spiro atoms. The fraction of sp³-hybridized carbons (Fsp3) is 0.567. The van der Waals surface area contributed by atoms with Crippen LogP contribution in [0.1, 0.15) is 68.6 Å². The van der Waals surface area contributed by atoms with Gasteiger partial charge >= 0.3 is 0 Å². The molecule has 1 amide bonds. The molecular formula is C30H40N2O2. The van der Waals surface area contributed by atoms with Gasteiger partial charge in [-0.1, -0.05) is 69.2 Å². The molecule has 182 valence electrons. The summed E-state index contributed by atoms with van der Waals surface area (Å²) in [6, 6.07) is 17.8. The second-order valence-electron chi connectivity index (χ2n) is 10.7. The van der Waals surface area contributed by atoms with Gasteiger partial charge in [-0.05, 0) is 55.2 Å². The predicted octanol–water partition coefficient (Wildman–Crippen LogP) is 5.45. The Kier molecular flexibility index (Phi) is 6.70. The topological polar surface area (TPSA) is 41.6 Å². The number of benzene rings is 2. The third-order valence-electron chi connectivity index (χ3n) is 9.03. The Morgan fingerprint density at radius 3 is 2.74 bits per heavy atom. The summed E-state index contributed by atoms with van der Waals surface area (Å²) in [5, 5.41) is 3.61. The van der Waals surface area contributed by atoms with E-state index in [1.807, 2.05) is 0 Å². The Morgan fingerprint density at radius 2 is 1.97 bits per heavy atom. The van der Waals surface area contributed by atoms with E-state index in [9.17, 15) is 4.79 Å². The SMILES string of the molecule is CCC(CC)C1CC(c2ccccc2)CCN1C(=O)[C@@H]1CNC[C@]12CCOc1cc(C)ccc12. The van der Waals surface area contributed by atoms with Gasteiger partial charge in [0.25, 0.3) is 0 Å². The van der Waals surface area contributed by atoms with Crippen molar-refractivity contribution in [2.45, 2.75) is 70.3 Å². The third-order valence-corrected chi connectivity index (χ3v) is 9.03. The van der Waals surface area contributed by atoms with Gasteiger partial charge in [0.2, 0.25) is 5.91 Å². The van der Waals surface area contributed by atoms with Crippen LogP contribution in [0.5, 0.6) is 5.75 Å². The Labute approximate surface area is 205 Å². The van der Waals surface area contributed by atoms with Crippen LogP contribution in [0.4, 0.5) is 0 Å². The van der Waals surface area contributed by atoms with E-state index in [4.69, 9.17) is 4.74 Å². The van der Waals surface area contributed by atoms with E-state index >= 15 is 0 Å². The molecule has 2 unspecified atom stereocenters. The highest BCUT2D eigenvalue weighted by Gasteiger charge is 2.53. The number of nitrogens with one attached hydrogen (secondary N) is 1. The summed E-state index contributed by atoms with van der Waals surface area (Å²) in [7, 11) is 0. The number of ether oxygens (including phenoxy) is 1. The first-order valence-electron chi connectivity index (χ1n) is 13.4.